The fraction of sp³-hybridized carbons (Fsp3) is 0.261. The predicted octanol–water partition coefficient (Wildman–Crippen LogP) is 3.28. The predicted molar refractivity (Wildman–Crippen MR) is 126 cm³/mol. The van der Waals surface area contributed by atoms with E-state index in [1.54, 1.807) is 30.6 Å². The van der Waals surface area contributed by atoms with Crippen molar-refractivity contribution in [2.75, 3.05) is 19.0 Å². The van der Waals surface area contributed by atoms with Crippen LogP contribution in [0, 0.1) is 12.8 Å². The van der Waals surface area contributed by atoms with E-state index in [9.17, 15) is 9.59 Å². The van der Waals surface area contributed by atoms with Gasteiger partial charge < -0.3 is 15.4 Å². The molecule has 2 N–H and O–H groups in total. The molecule has 0 spiro atoms. The largest absolute Gasteiger partial charge is 0.480 e. The molecule has 5 rings (SSSR count). The minimum Gasteiger partial charge on any atom is -0.480 e. The molecule has 1 aliphatic rings. The average molecular weight is 480 g/mol. The maximum atomic E-state index is 13.5. The van der Waals surface area contributed by atoms with Crippen LogP contribution < -0.4 is 15.4 Å². The van der Waals surface area contributed by atoms with E-state index in [0.717, 1.165) is 18.4 Å². The fourth-order valence-corrected chi connectivity index (χ4v) is 3.90. The Balaban J connectivity index is 1.55. The number of fused-ring (bicyclic) bond motifs is 1. The Morgan fingerprint density at radius 2 is 2.03 bits per heavy atom. The van der Waals surface area contributed by atoms with Crippen LogP contribution >= 0.6 is 11.6 Å². The van der Waals surface area contributed by atoms with E-state index in [-0.39, 0.29) is 29.0 Å². The van der Waals surface area contributed by atoms with Crippen molar-refractivity contribution in [2.45, 2.75) is 19.8 Å². The van der Waals surface area contributed by atoms with Crippen molar-refractivity contribution in [3.63, 3.8) is 0 Å². The van der Waals surface area contributed by atoms with Gasteiger partial charge in [0.05, 0.1) is 29.5 Å². The first-order chi connectivity index (χ1) is 16.5. The molecule has 4 aromatic heterocycles. The smallest absolute Gasteiger partial charge is 0.274 e. The highest BCUT2D eigenvalue weighted by Gasteiger charge is 2.27. The van der Waals surface area contributed by atoms with E-state index in [0.29, 0.717) is 28.7 Å². The van der Waals surface area contributed by atoms with Gasteiger partial charge in [-0.25, -0.2) is 14.2 Å². The molecular weight excluding hydrogens is 458 g/mol. The number of nitrogens with one attached hydrogen (secondary N) is 2. The number of methoxy groups -OCH3 is 1. The number of halogens is 1. The summed E-state index contributed by atoms with van der Waals surface area (Å²) in [4.78, 5) is 30.9. The number of aryl methyl sites for hydroxylation is 1. The fourth-order valence-electron chi connectivity index (χ4n) is 3.70. The molecule has 4 heterocycles. The third-order valence-electron chi connectivity index (χ3n) is 5.65. The molecule has 0 atom stereocenters. The number of ether oxygens (including phenoxy) is 1. The van der Waals surface area contributed by atoms with Gasteiger partial charge in [0.15, 0.2) is 11.5 Å². The number of pyridine rings is 2. The first-order valence-corrected chi connectivity index (χ1v) is 11.2. The summed E-state index contributed by atoms with van der Waals surface area (Å²) in [7, 11) is 1.45. The van der Waals surface area contributed by atoms with Crippen molar-refractivity contribution in [3.8, 4) is 11.7 Å². The molecule has 10 nitrogen and oxygen atoms in total. The molecule has 0 radical (unpaired) electrons. The van der Waals surface area contributed by atoms with Gasteiger partial charge in [-0.1, -0.05) is 11.6 Å². The van der Waals surface area contributed by atoms with Crippen LogP contribution in [0.3, 0.4) is 0 Å². The lowest BCUT2D eigenvalue weighted by atomic mass is 10.1. The minimum atomic E-state index is -0.511. The lowest BCUT2D eigenvalue weighted by Gasteiger charge is -2.16. The Hall–Kier alpha value is -3.92. The summed E-state index contributed by atoms with van der Waals surface area (Å²) in [6, 6.07) is 8.47. The maximum absolute atomic E-state index is 13.5. The Labute approximate surface area is 199 Å². The van der Waals surface area contributed by atoms with Gasteiger partial charge in [-0.3, -0.25) is 9.59 Å². The number of amides is 2. The van der Waals surface area contributed by atoms with Crippen molar-refractivity contribution >= 4 is 34.6 Å². The standard InChI is InChI=1S/C23H22ClN7O3/c1-13-10-15-7-9-27-30(15)20(23(33)26-12-14-5-6-14)19(13)28-22(32)17-11-18(34-2)29-31(17)21-16(24)4-3-8-25-21/h3-4,7-11,14H,5-6,12H2,1-2H3,(H,26,33)(H,28,32). The van der Waals surface area contributed by atoms with Crippen LogP contribution in [0.4, 0.5) is 5.69 Å². The maximum Gasteiger partial charge on any atom is 0.274 e. The summed E-state index contributed by atoms with van der Waals surface area (Å²) < 4.78 is 8.07. The second-order valence-corrected chi connectivity index (χ2v) is 8.53. The third-order valence-corrected chi connectivity index (χ3v) is 5.94. The topological polar surface area (TPSA) is 115 Å². The first kappa shape index (κ1) is 21.9. The van der Waals surface area contributed by atoms with Crippen LogP contribution in [0.5, 0.6) is 5.88 Å². The third kappa shape index (κ3) is 4.08. The summed E-state index contributed by atoms with van der Waals surface area (Å²) in [5.41, 5.74) is 2.21. The average Bonchev–Trinajstić information content (AvgIpc) is 3.37. The van der Waals surface area contributed by atoms with Gasteiger partial charge in [0.25, 0.3) is 11.8 Å². The highest BCUT2D eigenvalue weighted by molar-refractivity contribution is 6.32. The molecule has 0 aromatic carbocycles. The summed E-state index contributed by atoms with van der Waals surface area (Å²) in [5.74, 6) is 0.180. The van der Waals surface area contributed by atoms with E-state index in [4.69, 9.17) is 16.3 Å². The molecule has 1 saturated carbocycles. The van der Waals surface area contributed by atoms with Crippen molar-refractivity contribution in [1.29, 1.82) is 0 Å². The SMILES string of the molecule is COc1cc(C(=O)Nc2c(C)cc3ccnn3c2C(=O)NCC2CC2)n(-c2ncccc2Cl)n1. The highest BCUT2D eigenvalue weighted by Crippen LogP contribution is 2.29. The molecule has 34 heavy (non-hydrogen) atoms. The van der Waals surface area contributed by atoms with Crippen LogP contribution in [0.25, 0.3) is 11.3 Å². The summed E-state index contributed by atoms with van der Waals surface area (Å²) in [6.07, 6.45) is 5.38. The molecule has 4 aromatic rings. The lowest BCUT2D eigenvalue weighted by Crippen LogP contribution is -2.30. The van der Waals surface area contributed by atoms with E-state index in [1.807, 2.05) is 13.0 Å². The van der Waals surface area contributed by atoms with E-state index in [1.165, 1.54) is 22.4 Å². The first-order valence-electron chi connectivity index (χ1n) is 10.8. The second-order valence-electron chi connectivity index (χ2n) is 8.12. The molecule has 2 amide bonds. The van der Waals surface area contributed by atoms with E-state index >= 15 is 0 Å². The van der Waals surface area contributed by atoms with Crippen molar-refractivity contribution in [1.82, 2.24) is 29.7 Å². The number of anilines is 1. The molecule has 174 valence electrons. The number of rotatable bonds is 7. The number of carbonyl (C=O) groups is 2. The Bertz CT molecular complexity index is 1410. The zero-order valence-corrected chi connectivity index (χ0v) is 19.3. The lowest BCUT2D eigenvalue weighted by molar-refractivity contribution is 0.0945. The summed E-state index contributed by atoms with van der Waals surface area (Å²) in [6.45, 7) is 2.42. The van der Waals surface area contributed by atoms with Gasteiger partial charge in [-0.05, 0) is 55.5 Å². The van der Waals surface area contributed by atoms with E-state index in [2.05, 4.69) is 25.8 Å². The summed E-state index contributed by atoms with van der Waals surface area (Å²) >= 11 is 6.30. The highest BCUT2D eigenvalue weighted by atomic mass is 35.5. The van der Waals surface area contributed by atoms with Crippen molar-refractivity contribution in [2.24, 2.45) is 5.92 Å². The van der Waals surface area contributed by atoms with Crippen LogP contribution in [0.2, 0.25) is 5.02 Å². The molecular formula is C23H22ClN7O3. The number of aromatic nitrogens is 5. The second kappa shape index (κ2) is 8.79. The molecule has 11 heteroatoms. The number of hydrogen-bond donors (Lipinski definition) is 2. The van der Waals surface area contributed by atoms with Crippen LogP contribution in [-0.4, -0.2) is 49.8 Å². The molecule has 0 saturated heterocycles. The van der Waals surface area contributed by atoms with Crippen LogP contribution in [0.1, 0.15) is 39.4 Å². The van der Waals surface area contributed by atoms with E-state index < -0.39 is 5.91 Å². The van der Waals surface area contributed by atoms with Crippen molar-refractivity contribution in [3.05, 3.63) is 64.7 Å². The Morgan fingerprint density at radius 3 is 2.76 bits per heavy atom. The quantitative estimate of drug-likeness (QED) is 0.420. The Morgan fingerprint density at radius 1 is 1.21 bits per heavy atom. The zero-order chi connectivity index (χ0) is 23.8. The summed E-state index contributed by atoms with van der Waals surface area (Å²) in [5, 5.41) is 14.7. The Kier molecular flexibility index (Phi) is 5.66. The van der Waals surface area contributed by atoms with Gasteiger partial charge in [-0.2, -0.15) is 5.10 Å². The molecule has 1 aliphatic carbocycles. The molecule has 1 fully saturated rings. The van der Waals surface area contributed by atoms with Gasteiger partial charge >= 0.3 is 0 Å². The molecule has 0 aliphatic heterocycles. The number of nitrogens with zero attached hydrogens (tertiary/aromatic N) is 5. The van der Waals surface area contributed by atoms with Gasteiger partial charge in [-0.15, -0.1) is 5.10 Å². The zero-order valence-electron chi connectivity index (χ0n) is 18.6. The number of hydrogen-bond acceptors (Lipinski definition) is 6. The van der Waals surface area contributed by atoms with Gasteiger partial charge in [0, 0.05) is 18.8 Å². The van der Waals surface area contributed by atoms with Gasteiger partial charge in [0.2, 0.25) is 5.88 Å². The molecule has 0 unspecified atom stereocenters. The molecule has 0 bridgehead atoms. The number of carbonyl (C=O) groups excluding carboxylic acids is 2. The monoisotopic (exact) mass is 479 g/mol. The normalized spacial score (nSPS) is 13.1. The van der Waals surface area contributed by atoms with Crippen LogP contribution in [-0.2, 0) is 0 Å². The van der Waals surface area contributed by atoms with Crippen LogP contribution in [0.15, 0.2) is 42.7 Å². The van der Waals surface area contributed by atoms with Gasteiger partial charge in [0.1, 0.15) is 5.69 Å². The van der Waals surface area contributed by atoms with Crippen molar-refractivity contribution < 1.29 is 14.3 Å². The minimum absolute atomic E-state index is 0.141.